The molecule has 1 fully saturated rings. The molecule has 1 saturated heterocycles. The summed E-state index contributed by atoms with van der Waals surface area (Å²) in [6.07, 6.45) is 0. The summed E-state index contributed by atoms with van der Waals surface area (Å²) in [6, 6.07) is 20.4. The maximum absolute atomic E-state index is 13.5. The zero-order chi connectivity index (χ0) is 23.8. The van der Waals surface area contributed by atoms with Crippen molar-refractivity contribution in [1.29, 1.82) is 0 Å². The fourth-order valence-electron chi connectivity index (χ4n) is 3.96. The summed E-state index contributed by atoms with van der Waals surface area (Å²) in [5, 5.41) is 0. The minimum Gasteiger partial charge on any atom is -0.492 e. The van der Waals surface area contributed by atoms with Gasteiger partial charge in [-0.3, -0.25) is 19.3 Å². The number of benzene rings is 3. The second kappa shape index (κ2) is 8.68. The highest BCUT2D eigenvalue weighted by Crippen LogP contribution is 2.48. The summed E-state index contributed by atoms with van der Waals surface area (Å²) in [5.74, 6) is -2.30. The number of hydrogen-bond acceptors (Lipinski definition) is 6. The van der Waals surface area contributed by atoms with E-state index < -0.39 is 30.3 Å². The maximum atomic E-state index is 13.5. The van der Waals surface area contributed by atoms with Crippen molar-refractivity contribution in [3.05, 3.63) is 72.8 Å². The molecule has 2 heterocycles. The largest absolute Gasteiger partial charge is 0.492 e. The smallest absolute Gasteiger partial charge is 0.339 e. The van der Waals surface area contributed by atoms with Crippen LogP contribution in [0.1, 0.15) is 6.92 Å². The van der Waals surface area contributed by atoms with Gasteiger partial charge in [0.2, 0.25) is 0 Å². The monoisotopic (exact) mass is 473 g/mol. The van der Waals surface area contributed by atoms with Crippen LogP contribution >= 0.6 is 11.8 Å². The number of anilines is 3. The topological polar surface area (TPSA) is 87.2 Å². The van der Waals surface area contributed by atoms with Gasteiger partial charge in [-0.1, -0.05) is 48.2 Å². The molecule has 0 unspecified atom stereocenters. The van der Waals surface area contributed by atoms with Crippen molar-refractivity contribution in [2.75, 3.05) is 23.0 Å². The van der Waals surface area contributed by atoms with Gasteiger partial charge >= 0.3 is 17.8 Å². The second-order valence-electron chi connectivity index (χ2n) is 7.48. The Bertz CT molecular complexity index is 1300. The van der Waals surface area contributed by atoms with Crippen LogP contribution in [-0.4, -0.2) is 41.8 Å². The van der Waals surface area contributed by atoms with E-state index in [0.29, 0.717) is 28.6 Å². The predicted molar refractivity (Wildman–Crippen MR) is 126 cm³/mol. The minimum absolute atomic E-state index is 0.160. The fraction of sp³-hybridized carbons (Fsp3) is 0.120. The molecule has 0 aliphatic carbocycles. The number of para-hydroxylation sites is 4. The second-order valence-corrected chi connectivity index (χ2v) is 8.57. The van der Waals surface area contributed by atoms with Crippen molar-refractivity contribution in [2.45, 2.75) is 16.7 Å². The number of carbonyl (C=O) groups excluding carboxylic acids is 4. The molecule has 0 saturated carbocycles. The van der Waals surface area contributed by atoms with E-state index in [0.717, 1.165) is 14.7 Å². The Morgan fingerprint density at radius 3 is 1.97 bits per heavy atom. The average molecular weight is 474 g/mol. The minimum atomic E-state index is -1.06. The first-order valence-corrected chi connectivity index (χ1v) is 11.4. The summed E-state index contributed by atoms with van der Waals surface area (Å²) in [5.41, 5.74) is 1.47. The molecule has 3 aromatic rings. The summed E-state index contributed by atoms with van der Waals surface area (Å²) in [7, 11) is 0. The number of hydrogen-bond donors (Lipinski definition) is 0. The summed E-state index contributed by atoms with van der Waals surface area (Å²) in [4.78, 5) is 56.9. The highest BCUT2D eigenvalue weighted by atomic mass is 32.2. The van der Waals surface area contributed by atoms with Crippen LogP contribution in [0.4, 0.5) is 21.9 Å². The third-order valence-electron chi connectivity index (χ3n) is 5.43. The Hall–Kier alpha value is -4.11. The molecule has 34 heavy (non-hydrogen) atoms. The molecular formula is C25H19N3O5S. The number of fused-ring (bicyclic) bond motifs is 2. The zero-order valence-electron chi connectivity index (χ0n) is 18.1. The standard InChI is InChI=1S/C25H19N3O5S/c1-2-33-19-12-6-3-9-16(19)28-24(31)23(30)26(25(28)32)15-22(29)27-17-10-4-7-13-20(17)34-21-14-8-5-11-18(21)27/h3-14H,2,15H2,1H3. The van der Waals surface area contributed by atoms with Crippen molar-refractivity contribution in [2.24, 2.45) is 0 Å². The van der Waals surface area contributed by atoms with E-state index in [4.69, 9.17) is 4.74 Å². The van der Waals surface area contributed by atoms with Crippen LogP contribution in [0.15, 0.2) is 82.6 Å². The van der Waals surface area contributed by atoms with Gasteiger partial charge in [-0.05, 0) is 43.3 Å². The van der Waals surface area contributed by atoms with Gasteiger partial charge in [-0.2, -0.15) is 0 Å². The number of imide groups is 2. The summed E-state index contributed by atoms with van der Waals surface area (Å²) < 4.78 is 5.52. The molecule has 9 heteroatoms. The Morgan fingerprint density at radius 2 is 1.35 bits per heavy atom. The lowest BCUT2D eigenvalue weighted by Gasteiger charge is -2.31. The van der Waals surface area contributed by atoms with Crippen molar-refractivity contribution in [3.8, 4) is 5.75 Å². The molecule has 5 rings (SSSR count). The van der Waals surface area contributed by atoms with Crippen molar-refractivity contribution in [1.82, 2.24) is 4.90 Å². The molecule has 0 bridgehead atoms. The first-order valence-electron chi connectivity index (χ1n) is 10.6. The molecule has 2 aliphatic rings. The maximum Gasteiger partial charge on any atom is 0.339 e. The van der Waals surface area contributed by atoms with E-state index in [2.05, 4.69) is 0 Å². The van der Waals surface area contributed by atoms with E-state index in [1.54, 1.807) is 37.3 Å². The Balaban J connectivity index is 1.47. The lowest BCUT2D eigenvalue weighted by molar-refractivity contribution is -0.140. The van der Waals surface area contributed by atoms with E-state index in [1.165, 1.54) is 22.7 Å². The van der Waals surface area contributed by atoms with E-state index in [9.17, 15) is 19.2 Å². The van der Waals surface area contributed by atoms with E-state index in [1.807, 2.05) is 36.4 Å². The number of nitrogens with zero attached hydrogens (tertiary/aromatic N) is 3. The van der Waals surface area contributed by atoms with Gasteiger partial charge in [0.15, 0.2) is 0 Å². The molecule has 0 aromatic heterocycles. The Kier molecular flexibility index (Phi) is 5.54. The molecule has 3 aromatic carbocycles. The van der Waals surface area contributed by atoms with E-state index in [-0.39, 0.29) is 5.69 Å². The highest BCUT2D eigenvalue weighted by Gasteiger charge is 2.47. The van der Waals surface area contributed by atoms with Crippen molar-refractivity contribution >= 4 is 52.6 Å². The van der Waals surface area contributed by atoms with Gasteiger partial charge < -0.3 is 4.74 Å². The van der Waals surface area contributed by atoms with Crippen LogP contribution < -0.4 is 14.5 Å². The highest BCUT2D eigenvalue weighted by molar-refractivity contribution is 7.99. The predicted octanol–water partition coefficient (Wildman–Crippen LogP) is 4.21. The first kappa shape index (κ1) is 21.7. The molecule has 0 atom stereocenters. The quantitative estimate of drug-likeness (QED) is 0.408. The zero-order valence-corrected chi connectivity index (χ0v) is 19.0. The molecule has 0 N–H and O–H groups in total. The Labute approximate surface area is 199 Å². The third-order valence-corrected chi connectivity index (χ3v) is 6.56. The van der Waals surface area contributed by atoms with Gasteiger partial charge in [0, 0.05) is 9.79 Å². The van der Waals surface area contributed by atoms with Gasteiger partial charge in [0.25, 0.3) is 5.91 Å². The summed E-state index contributed by atoms with van der Waals surface area (Å²) >= 11 is 1.53. The molecule has 2 aliphatic heterocycles. The van der Waals surface area contributed by atoms with Gasteiger partial charge in [0.05, 0.1) is 23.7 Å². The number of rotatable bonds is 5. The normalized spacial score (nSPS) is 14.9. The van der Waals surface area contributed by atoms with Crippen LogP contribution in [0.5, 0.6) is 5.75 Å². The lowest BCUT2D eigenvalue weighted by atomic mass is 10.2. The van der Waals surface area contributed by atoms with Crippen LogP contribution in [0.2, 0.25) is 0 Å². The van der Waals surface area contributed by atoms with Gasteiger partial charge in [0.1, 0.15) is 12.3 Å². The van der Waals surface area contributed by atoms with Gasteiger partial charge in [-0.15, -0.1) is 0 Å². The third kappa shape index (κ3) is 3.50. The van der Waals surface area contributed by atoms with E-state index >= 15 is 0 Å². The van der Waals surface area contributed by atoms with Crippen LogP contribution in [0.3, 0.4) is 0 Å². The van der Waals surface area contributed by atoms with Crippen LogP contribution in [-0.2, 0) is 14.4 Å². The summed E-state index contributed by atoms with van der Waals surface area (Å²) in [6.45, 7) is 1.51. The molecule has 0 radical (unpaired) electrons. The fourth-order valence-corrected chi connectivity index (χ4v) is 5.01. The van der Waals surface area contributed by atoms with Crippen molar-refractivity contribution < 1.29 is 23.9 Å². The number of carbonyl (C=O) groups is 4. The van der Waals surface area contributed by atoms with Crippen molar-refractivity contribution in [3.63, 3.8) is 0 Å². The number of amides is 5. The SMILES string of the molecule is CCOc1ccccc1N1C(=O)C(=O)N(CC(=O)N2c3ccccc3Sc3ccccc32)C1=O. The lowest BCUT2D eigenvalue weighted by Crippen LogP contribution is -2.42. The van der Waals surface area contributed by atoms with Crippen LogP contribution in [0.25, 0.3) is 0 Å². The van der Waals surface area contributed by atoms with Crippen LogP contribution in [0, 0.1) is 0 Å². The number of urea groups is 1. The molecular weight excluding hydrogens is 454 g/mol. The molecule has 8 nitrogen and oxygen atoms in total. The van der Waals surface area contributed by atoms with Gasteiger partial charge in [-0.25, -0.2) is 14.6 Å². The molecule has 0 spiro atoms. The first-order chi connectivity index (χ1) is 16.5. The molecule has 170 valence electrons. The average Bonchev–Trinajstić information content (AvgIpc) is 3.06. The Morgan fingerprint density at radius 1 is 0.794 bits per heavy atom. The number of ether oxygens (including phenoxy) is 1. The molecule has 5 amide bonds.